The first kappa shape index (κ1) is 10.8. The van der Waals surface area contributed by atoms with Gasteiger partial charge in [-0.1, -0.05) is 12.1 Å². The number of aryl methyl sites for hydroxylation is 1. The summed E-state index contributed by atoms with van der Waals surface area (Å²) >= 11 is 0. The van der Waals surface area contributed by atoms with E-state index in [-0.39, 0.29) is 12.5 Å². The fraction of sp³-hybridized carbons (Fsp3) is 0.417. The van der Waals surface area contributed by atoms with E-state index in [2.05, 4.69) is 0 Å². The van der Waals surface area contributed by atoms with Crippen molar-refractivity contribution in [3.63, 3.8) is 0 Å². The Balaban J connectivity index is 2.30. The predicted molar refractivity (Wildman–Crippen MR) is 61.1 cm³/mol. The lowest BCUT2D eigenvalue weighted by Crippen LogP contribution is -2.42. The summed E-state index contributed by atoms with van der Waals surface area (Å²) in [5.41, 5.74) is 2.11. The third-order valence-electron chi connectivity index (χ3n) is 2.94. The zero-order valence-electron chi connectivity index (χ0n) is 9.43. The molecule has 2 rings (SSSR count). The Morgan fingerprint density at radius 2 is 2.38 bits per heavy atom. The molecule has 4 heteroatoms. The van der Waals surface area contributed by atoms with E-state index in [9.17, 15) is 4.79 Å². The largest absolute Gasteiger partial charge is 0.489 e. The molecule has 86 valence electrons. The van der Waals surface area contributed by atoms with Crippen molar-refractivity contribution in [2.75, 3.05) is 18.6 Å². The number of para-hydroxylation sites is 1. The molecule has 1 heterocycles. The van der Waals surface area contributed by atoms with Gasteiger partial charge in [-0.15, -0.1) is 0 Å². The molecule has 16 heavy (non-hydrogen) atoms. The van der Waals surface area contributed by atoms with Gasteiger partial charge < -0.3 is 14.7 Å². The first-order valence-electron chi connectivity index (χ1n) is 5.26. The average Bonchev–Trinajstić information content (AvgIpc) is 2.22. The van der Waals surface area contributed by atoms with Crippen LogP contribution in [0.5, 0.6) is 5.75 Å². The molecule has 0 saturated heterocycles. The topological polar surface area (TPSA) is 49.8 Å². The summed E-state index contributed by atoms with van der Waals surface area (Å²) in [6.07, 6.45) is 0.101. The minimum absolute atomic E-state index is 0.0916. The quantitative estimate of drug-likeness (QED) is 0.825. The van der Waals surface area contributed by atoms with Crippen LogP contribution in [0, 0.1) is 6.92 Å². The standard InChI is InChI=1S/C12H15NO3/c1-8-4-3-5-10-12(8)13(2)9(7-16-10)6-11(14)15/h3-5,9H,6-7H2,1-2H3,(H,14,15). The Morgan fingerprint density at radius 3 is 3.06 bits per heavy atom. The van der Waals surface area contributed by atoms with Crippen molar-refractivity contribution in [1.29, 1.82) is 0 Å². The maximum Gasteiger partial charge on any atom is 0.305 e. The number of anilines is 1. The van der Waals surface area contributed by atoms with Gasteiger partial charge in [-0.2, -0.15) is 0 Å². The molecule has 1 aliphatic heterocycles. The van der Waals surface area contributed by atoms with Gasteiger partial charge in [0.05, 0.1) is 18.2 Å². The van der Waals surface area contributed by atoms with Crippen LogP contribution in [0.1, 0.15) is 12.0 Å². The van der Waals surface area contributed by atoms with Crippen molar-refractivity contribution in [1.82, 2.24) is 0 Å². The molecule has 0 radical (unpaired) electrons. The lowest BCUT2D eigenvalue weighted by Gasteiger charge is -2.36. The lowest BCUT2D eigenvalue weighted by atomic mass is 10.1. The second-order valence-corrected chi connectivity index (χ2v) is 4.10. The van der Waals surface area contributed by atoms with Gasteiger partial charge in [-0.05, 0) is 18.6 Å². The first-order chi connectivity index (χ1) is 7.59. The molecule has 1 N–H and O–H groups in total. The molecule has 1 unspecified atom stereocenters. The third-order valence-corrected chi connectivity index (χ3v) is 2.94. The van der Waals surface area contributed by atoms with E-state index in [1.807, 2.05) is 37.1 Å². The van der Waals surface area contributed by atoms with E-state index in [1.165, 1.54) is 0 Å². The zero-order valence-corrected chi connectivity index (χ0v) is 9.43. The third kappa shape index (κ3) is 1.83. The Hall–Kier alpha value is -1.71. The van der Waals surface area contributed by atoms with Gasteiger partial charge in [0.25, 0.3) is 0 Å². The Bertz CT molecular complexity index is 417. The number of carboxylic acids is 1. The number of ether oxygens (including phenoxy) is 1. The normalized spacial score (nSPS) is 18.9. The highest BCUT2D eigenvalue weighted by Gasteiger charge is 2.27. The smallest absolute Gasteiger partial charge is 0.305 e. The molecule has 0 fully saturated rings. The molecule has 0 saturated carbocycles. The molecule has 0 amide bonds. The summed E-state index contributed by atoms with van der Waals surface area (Å²) in [7, 11) is 1.92. The summed E-state index contributed by atoms with van der Waals surface area (Å²) in [6.45, 7) is 2.43. The summed E-state index contributed by atoms with van der Waals surface area (Å²) < 4.78 is 5.58. The molecule has 1 atom stereocenters. The molecule has 0 aliphatic carbocycles. The monoisotopic (exact) mass is 221 g/mol. The Labute approximate surface area is 94.4 Å². The number of hydrogen-bond donors (Lipinski definition) is 1. The molecule has 0 bridgehead atoms. The molecule has 1 aromatic rings. The van der Waals surface area contributed by atoms with E-state index in [1.54, 1.807) is 0 Å². The van der Waals surface area contributed by atoms with Crippen LogP contribution < -0.4 is 9.64 Å². The van der Waals surface area contributed by atoms with E-state index in [4.69, 9.17) is 9.84 Å². The van der Waals surface area contributed by atoms with Crippen molar-refractivity contribution in [2.24, 2.45) is 0 Å². The number of aliphatic carboxylic acids is 1. The lowest BCUT2D eigenvalue weighted by molar-refractivity contribution is -0.137. The van der Waals surface area contributed by atoms with Crippen molar-refractivity contribution < 1.29 is 14.6 Å². The first-order valence-corrected chi connectivity index (χ1v) is 5.26. The van der Waals surface area contributed by atoms with Gasteiger partial charge in [0.1, 0.15) is 12.4 Å². The number of carbonyl (C=O) groups is 1. The van der Waals surface area contributed by atoms with E-state index in [0.717, 1.165) is 17.0 Å². The number of rotatable bonds is 2. The van der Waals surface area contributed by atoms with Crippen molar-refractivity contribution in [2.45, 2.75) is 19.4 Å². The maximum atomic E-state index is 10.7. The fourth-order valence-corrected chi connectivity index (χ4v) is 2.08. The molecular formula is C12H15NO3. The number of hydrogen-bond acceptors (Lipinski definition) is 3. The second-order valence-electron chi connectivity index (χ2n) is 4.10. The number of nitrogens with zero attached hydrogens (tertiary/aromatic N) is 1. The summed E-state index contributed by atoms with van der Waals surface area (Å²) in [5, 5.41) is 8.82. The highest BCUT2D eigenvalue weighted by molar-refractivity contribution is 5.71. The summed E-state index contributed by atoms with van der Waals surface area (Å²) in [6, 6.07) is 5.77. The van der Waals surface area contributed by atoms with Gasteiger partial charge in [0, 0.05) is 7.05 Å². The summed E-state index contributed by atoms with van der Waals surface area (Å²) in [5.74, 6) is 0.0432. The van der Waals surface area contributed by atoms with E-state index < -0.39 is 5.97 Å². The van der Waals surface area contributed by atoms with Crippen LogP contribution >= 0.6 is 0 Å². The van der Waals surface area contributed by atoms with Crippen molar-refractivity contribution in [3.05, 3.63) is 23.8 Å². The van der Waals surface area contributed by atoms with Gasteiger partial charge in [0.2, 0.25) is 0 Å². The van der Waals surface area contributed by atoms with Crippen LogP contribution in [0.25, 0.3) is 0 Å². The van der Waals surface area contributed by atoms with Gasteiger partial charge in [-0.3, -0.25) is 4.79 Å². The van der Waals surface area contributed by atoms with Crippen LogP contribution in [-0.2, 0) is 4.79 Å². The number of fused-ring (bicyclic) bond motifs is 1. The van der Waals surface area contributed by atoms with E-state index in [0.29, 0.717) is 6.61 Å². The van der Waals surface area contributed by atoms with Crippen molar-refractivity contribution in [3.8, 4) is 5.75 Å². The molecule has 1 aliphatic rings. The molecular weight excluding hydrogens is 206 g/mol. The average molecular weight is 221 g/mol. The van der Waals surface area contributed by atoms with Crippen LogP contribution in [0.2, 0.25) is 0 Å². The second kappa shape index (κ2) is 4.04. The summed E-state index contributed by atoms with van der Waals surface area (Å²) in [4.78, 5) is 12.7. The molecule has 1 aromatic carbocycles. The molecule has 0 spiro atoms. The highest BCUT2D eigenvalue weighted by atomic mass is 16.5. The van der Waals surface area contributed by atoms with Gasteiger partial charge in [0.15, 0.2) is 0 Å². The number of likely N-dealkylation sites (N-methyl/N-ethyl adjacent to an activating group) is 1. The van der Waals surface area contributed by atoms with Gasteiger partial charge in [-0.25, -0.2) is 0 Å². The number of benzene rings is 1. The fourth-order valence-electron chi connectivity index (χ4n) is 2.08. The molecule has 0 aromatic heterocycles. The van der Waals surface area contributed by atoms with Gasteiger partial charge >= 0.3 is 5.97 Å². The Morgan fingerprint density at radius 1 is 1.62 bits per heavy atom. The highest BCUT2D eigenvalue weighted by Crippen LogP contribution is 2.36. The Kier molecular flexibility index (Phi) is 2.73. The van der Waals surface area contributed by atoms with Crippen LogP contribution in [0.3, 0.4) is 0 Å². The maximum absolute atomic E-state index is 10.7. The van der Waals surface area contributed by atoms with Crippen molar-refractivity contribution >= 4 is 11.7 Å². The molecule has 4 nitrogen and oxygen atoms in total. The van der Waals surface area contributed by atoms with Crippen LogP contribution in [0.4, 0.5) is 5.69 Å². The van der Waals surface area contributed by atoms with E-state index >= 15 is 0 Å². The predicted octanol–water partition coefficient (Wildman–Crippen LogP) is 1.67. The SMILES string of the molecule is Cc1cccc2c1N(C)C(CC(=O)O)CO2. The minimum Gasteiger partial charge on any atom is -0.489 e. The van der Waals surface area contributed by atoms with Crippen LogP contribution in [-0.4, -0.2) is 30.8 Å². The minimum atomic E-state index is -0.794. The van der Waals surface area contributed by atoms with Crippen LogP contribution in [0.15, 0.2) is 18.2 Å². The number of carboxylic acid groups (broad SMARTS) is 1. The zero-order chi connectivity index (χ0) is 11.7.